The summed E-state index contributed by atoms with van der Waals surface area (Å²) in [6.07, 6.45) is 16.3. The molecule has 9 heteroatoms. The summed E-state index contributed by atoms with van der Waals surface area (Å²) >= 11 is 6.20. The van der Waals surface area contributed by atoms with Crippen molar-refractivity contribution in [3.8, 4) is 0 Å². The van der Waals surface area contributed by atoms with E-state index in [9.17, 15) is 9.59 Å². The highest BCUT2D eigenvalue weighted by Crippen LogP contribution is 2.47. The third kappa shape index (κ3) is 7.83. The highest BCUT2D eigenvalue weighted by molar-refractivity contribution is 6.30. The number of carbonyl (C=O) groups is 2. The molecule has 1 aromatic heterocycles. The van der Waals surface area contributed by atoms with Gasteiger partial charge >= 0.3 is 0 Å². The molecular weight excluding hydrogens is 596 g/mol. The Morgan fingerprint density at radius 3 is 2.30 bits per heavy atom. The molecule has 2 heterocycles. The average Bonchev–Trinajstić information content (AvgIpc) is 3.62. The number of amides is 2. The minimum absolute atomic E-state index is 0.0750. The number of aromatic nitrogens is 3. The van der Waals surface area contributed by atoms with E-state index in [2.05, 4.69) is 20.3 Å². The maximum atomic E-state index is 14.3. The molecule has 2 aliphatic carbocycles. The zero-order chi connectivity index (χ0) is 31.9. The van der Waals surface area contributed by atoms with Gasteiger partial charge in [-0.1, -0.05) is 61.2 Å². The molecule has 3 fully saturated rings. The largest absolute Gasteiger partial charge is 0.341 e. The van der Waals surface area contributed by atoms with Crippen LogP contribution in [0.5, 0.6) is 0 Å². The first kappa shape index (κ1) is 32.7. The van der Waals surface area contributed by atoms with Gasteiger partial charge in [-0.3, -0.25) is 14.3 Å². The van der Waals surface area contributed by atoms with Crippen molar-refractivity contribution in [2.75, 3.05) is 20.1 Å². The first-order valence-corrected chi connectivity index (χ1v) is 17.7. The summed E-state index contributed by atoms with van der Waals surface area (Å²) in [7, 11) is 1.92. The molecule has 0 spiro atoms. The van der Waals surface area contributed by atoms with Crippen LogP contribution in [0.25, 0.3) is 0 Å². The van der Waals surface area contributed by atoms with Crippen LogP contribution in [-0.2, 0) is 17.8 Å². The summed E-state index contributed by atoms with van der Waals surface area (Å²) < 4.78 is 2.01. The van der Waals surface area contributed by atoms with Gasteiger partial charge < -0.3 is 15.1 Å². The highest BCUT2D eigenvalue weighted by atomic mass is 35.5. The molecule has 2 saturated carbocycles. The normalized spacial score (nSPS) is 22.7. The van der Waals surface area contributed by atoms with E-state index < -0.39 is 0 Å². The maximum Gasteiger partial charge on any atom is 0.253 e. The predicted octanol–water partition coefficient (Wildman–Crippen LogP) is 6.40. The number of nitrogens with zero attached hydrogens (tertiary/aromatic N) is 5. The molecule has 1 atom stereocenters. The number of hydrogen-bond donors (Lipinski definition) is 1. The number of nitrogens with one attached hydrogen (secondary N) is 1. The van der Waals surface area contributed by atoms with E-state index in [0.717, 1.165) is 69.3 Å². The minimum atomic E-state index is -0.302. The lowest BCUT2D eigenvalue weighted by Crippen LogP contribution is -2.56. The molecular formula is C37H49ClN6O2. The van der Waals surface area contributed by atoms with Gasteiger partial charge in [0.15, 0.2) is 0 Å². The molecule has 1 aliphatic heterocycles. The lowest BCUT2D eigenvalue weighted by molar-refractivity contribution is -0.137. The molecule has 1 N–H and O–H groups in total. The van der Waals surface area contributed by atoms with Gasteiger partial charge in [0.2, 0.25) is 5.91 Å². The second kappa shape index (κ2) is 15.1. The summed E-state index contributed by atoms with van der Waals surface area (Å²) in [5.74, 6) is 0.949. The molecule has 46 heavy (non-hydrogen) atoms. The quantitative estimate of drug-likeness (QED) is 0.276. The van der Waals surface area contributed by atoms with Crippen molar-refractivity contribution in [1.29, 1.82) is 0 Å². The Bertz CT molecular complexity index is 1390. The van der Waals surface area contributed by atoms with Crippen LogP contribution >= 0.6 is 11.6 Å². The molecule has 2 aromatic carbocycles. The Balaban J connectivity index is 1.11. The molecule has 8 nitrogen and oxygen atoms in total. The van der Waals surface area contributed by atoms with Crippen LogP contribution in [0.2, 0.25) is 5.02 Å². The average molecular weight is 645 g/mol. The minimum Gasteiger partial charge on any atom is -0.341 e. The first-order chi connectivity index (χ1) is 22.4. The van der Waals surface area contributed by atoms with E-state index in [0.29, 0.717) is 17.4 Å². The van der Waals surface area contributed by atoms with Gasteiger partial charge in [-0.25, -0.2) is 4.98 Å². The van der Waals surface area contributed by atoms with Gasteiger partial charge in [0.25, 0.3) is 5.91 Å². The van der Waals surface area contributed by atoms with Crippen LogP contribution in [0.1, 0.15) is 86.6 Å². The Morgan fingerprint density at radius 1 is 0.957 bits per heavy atom. The predicted molar refractivity (Wildman–Crippen MR) is 182 cm³/mol. The Labute approximate surface area is 278 Å². The molecule has 0 radical (unpaired) electrons. The van der Waals surface area contributed by atoms with Crippen LogP contribution in [0.4, 0.5) is 0 Å². The van der Waals surface area contributed by atoms with Crippen molar-refractivity contribution in [1.82, 2.24) is 29.9 Å². The molecule has 2 amide bonds. The van der Waals surface area contributed by atoms with E-state index in [-0.39, 0.29) is 35.4 Å². The third-order valence-corrected chi connectivity index (χ3v) is 11.4. The van der Waals surface area contributed by atoms with E-state index in [1.807, 2.05) is 77.6 Å². The molecule has 0 bridgehead atoms. The van der Waals surface area contributed by atoms with Gasteiger partial charge in [0.05, 0.1) is 6.04 Å². The fourth-order valence-electron chi connectivity index (χ4n) is 8.38. The summed E-state index contributed by atoms with van der Waals surface area (Å²) in [6, 6.07) is 17.5. The Hall–Kier alpha value is -3.23. The number of hydrogen-bond acceptors (Lipinski definition) is 5. The SMILES string of the molecule is CN(C(=O)c1ccccc1)C1CCC(N[C@H](Cc2ccc(Cl)cc2)C(=O)N2CCC(Cn3cncn3)(C3CCCCC3)CC2)CC1. The molecule has 0 unspecified atom stereocenters. The number of likely N-dealkylation sites (tertiary alicyclic amines) is 1. The maximum absolute atomic E-state index is 14.3. The van der Waals surface area contributed by atoms with E-state index in [4.69, 9.17) is 11.6 Å². The number of piperidine rings is 1. The topological polar surface area (TPSA) is 83.4 Å². The molecule has 246 valence electrons. The van der Waals surface area contributed by atoms with Crippen molar-refractivity contribution in [2.24, 2.45) is 11.3 Å². The zero-order valence-electron chi connectivity index (χ0n) is 27.2. The lowest BCUT2D eigenvalue weighted by atomic mass is 9.63. The van der Waals surface area contributed by atoms with Crippen molar-refractivity contribution in [3.05, 3.63) is 83.4 Å². The molecule has 3 aliphatic rings. The fourth-order valence-corrected chi connectivity index (χ4v) is 8.50. The molecule has 3 aromatic rings. The van der Waals surface area contributed by atoms with Crippen molar-refractivity contribution >= 4 is 23.4 Å². The lowest BCUT2D eigenvalue weighted by Gasteiger charge is -2.48. The van der Waals surface area contributed by atoms with Crippen LogP contribution in [0, 0.1) is 11.3 Å². The monoisotopic (exact) mass is 644 g/mol. The second-order valence-corrected chi connectivity index (χ2v) is 14.4. The molecule has 6 rings (SSSR count). The first-order valence-electron chi connectivity index (χ1n) is 17.3. The zero-order valence-corrected chi connectivity index (χ0v) is 28.0. The van der Waals surface area contributed by atoms with Crippen molar-refractivity contribution in [3.63, 3.8) is 0 Å². The standard InChI is InChI=1S/C37H49ClN6O2/c1-42(35(45)29-8-4-2-5-9-29)33-18-16-32(17-19-33)41-34(24-28-12-14-31(38)15-13-28)36(46)43-22-20-37(21-23-43,25-44-27-39-26-40-44)30-10-6-3-7-11-30/h2,4-5,8-9,12-15,26-27,30,32-34,41H,3,6-7,10-11,16-25H2,1H3/t32?,33?,34-/m1/s1. The second-order valence-electron chi connectivity index (χ2n) is 14.0. The van der Waals surface area contributed by atoms with Crippen LogP contribution < -0.4 is 5.32 Å². The van der Waals surface area contributed by atoms with Gasteiger partial charge in [0, 0.05) is 49.4 Å². The van der Waals surface area contributed by atoms with Gasteiger partial charge in [-0.05, 0) is 98.9 Å². The van der Waals surface area contributed by atoms with Crippen molar-refractivity contribution in [2.45, 2.75) is 102 Å². The van der Waals surface area contributed by atoms with Crippen LogP contribution in [-0.4, -0.2) is 74.6 Å². The Kier molecular flexibility index (Phi) is 10.7. The number of rotatable bonds is 10. The third-order valence-electron chi connectivity index (χ3n) is 11.2. The summed E-state index contributed by atoms with van der Waals surface area (Å²) in [4.78, 5) is 35.6. The summed E-state index contributed by atoms with van der Waals surface area (Å²) in [6.45, 7) is 2.44. The highest BCUT2D eigenvalue weighted by Gasteiger charge is 2.44. The number of carbonyl (C=O) groups excluding carboxylic acids is 2. The van der Waals surface area contributed by atoms with Gasteiger partial charge in [-0.2, -0.15) is 5.10 Å². The smallest absolute Gasteiger partial charge is 0.253 e. The van der Waals surface area contributed by atoms with E-state index >= 15 is 0 Å². The van der Waals surface area contributed by atoms with Crippen LogP contribution in [0.15, 0.2) is 67.3 Å². The summed E-state index contributed by atoms with van der Waals surface area (Å²) in [5, 5.41) is 8.99. The van der Waals surface area contributed by atoms with E-state index in [1.54, 1.807) is 6.33 Å². The molecule has 1 saturated heterocycles. The van der Waals surface area contributed by atoms with Gasteiger partial charge in [-0.15, -0.1) is 0 Å². The van der Waals surface area contributed by atoms with Crippen molar-refractivity contribution < 1.29 is 9.59 Å². The number of benzene rings is 2. The fraction of sp³-hybridized carbons (Fsp3) is 0.568. The van der Waals surface area contributed by atoms with E-state index in [1.165, 1.54) is 32.1 Å². The summed E-state index contributed by atoms with van der Waals surface area (Å²) in [5.41, 5.74) is 2.00. The van der Waals surface area contributed by atoms with Gasteiger partial charge in [0.1, 0.15) is 12.7 Å². The number of halogens is 1. The Morgan fingerprint density at radius 2 is 1.65 bits per heavy atom. The van der Waals surface area contributed by atoms with Crippen LogP contribution in [0.3, 0.4) is 0 Å².